The number of hydrogen-bond acceptors (Lipinski definition) is 1. The van der Waals surface area contributed by atoms with Crippen molar-refractivity contribution < 1.29 is 4.79 Å². The molecule has 19 heavy (non-hydrogen) atoms. The molecule has 1 rings (SSSR count). The van der Waals surface area contributed by atoms with Gasteiger partial charge in [-0.1, -0.05) is 45.9 Å². The van der Waals surface area contributed by atoms with E-state index in [1.165, 1.54) is 12.0 Å². The van der Waals surface area contributed by atoms with Gasteiger partial charge in [0.2, 0.25) is 5.91 Å². The molecule has 0 aromatic heterocycles. The molecule has 2 nitrogen and oxygen atoms in total. The first-order chi connectivity index (χ1) is 8.91. The van der Waals surface area contributed by atoms with Crippen molar-refractivity contribution in [3.63, 3.8) is 0 Å². The molecule has 0 saturated heterocycles. The van der Waals surface area contributed by atoms with E-state index in [9.17, 15) is 4.79 Å². The molecule has 0 fully saturated rings. The highest BCUT2D eigenvalue weighted by atomic mass is 16.2. The molecule has 1 aliphatic carbocycles. The summed E-state index contributed by atoms with van der Waals surface area (Å²) < 4.78 is 0. The second kappa shape index (κ2) is 7.52. The number of carbonyl (C=O) groups excluding carboxylic acids is 1. The van der Waals surface area contributed by atoms with Crippen LogP contribution in [-0.2, 0) is 4.79 Å². The first kappa shape index (κ1) is 16.0. The average Bonchev–Trinajstić information content (AvgIpc) is 2.37. The molecule has 0 bridgehead atoms. The first-order valence-electron chi connectivity index (χ1n) is 7.55. The predicted molar refractivity (Wildman–Crippen MR) is 81.9 cm³/mol. The van der Waals surface area contributed by atoms with Crippen molar-refractivity contribution in [3.8, 4) is 0 Å². The smallest absolute Gasteiger partial charge is 0.229 e. The Kier molecular flexibility index (Phi) is 6.33. The summed E-state index contributed by atoms with van der Waals surface area (Å²) in [6, 6.07) is 0. The Morgan fingerprint density at radius 2 is 2.05 bits per heavy atom. The molecule has 0 aromatic rings. The quantitative estimate of drug-likeness (QED) is 0.708. The summed E-state index contributed by atoms with van der Waals surface area (Å²) in [5.74, 6) is 1.58. The van der Waals surface area contributed by atoms with Gasteiger partial charge in [0.1, 0.15) is 0 Å². The van der Waals surface area contributed by atoms with Crippen LogP contribution in [0.5, 0.6) is 0 Å². The van der Waals surface area contributed by atoms with Gasteiger partial charge >= 0.3 is 0 Å². The average molecular weight is 263 g/mol. The van der Waals surface area contributed by atoms with Gasteiger partial charge in [-0.25, -0.2) is 0 Å². The maximum atomic E-state index is 12.3. The molecule has 1 amide bonds. The van der Waals surface area contributed by atoms with Crippen LogP contribution < -0.4 is 0 Å². The van der Waals surface area contributed by atoms with Crippen LogP contribution in [0.1, 0.15) is 47.0 Å². The number of hydrogen-bond donors (Lipinski definition) is 0. The van der Waals surface area contributed by atoms with E-state index in [1.54, 1.807) is 0 Å². The van der Waals surface area contributed by atoms with Crippen LogP contribution in [0.15, 0.2) is 23.8 Å². The molecular formula is C17H29NO. The van der Waals surface area contributed by atoms with Crippen LogP contribution >= 0.6 is 0 Å². The number of nitrogens with zero attached hydrogens (tertiary/aromatic N) is 1. The number of carbonyl (C=O) groups is 1. The van der Waals surface area contributed by atoms with E-state index >= 15 is 0 Å². The summed E-state index contributed by atoms with van der Waals surface area (Å²) in [6.45, 7) is 9.71. The second-order valence-corrected chi connectivity index (χ2v) is 6.36. The molecule has 108 valence electrons. The minimum Gasteiger partial charge on any atom is -0.345 e. The van der Waals surface area contributed by atoms with Crippen molar-refractivity contribution in [2.45, 2.75) is 47.0 Å². The molecular weight excluding hydrogens is 234 g/mol. The molecule has 1 atom stereocenters. The summed E-state index contributed by atoms with van der Waals surface area (Å²) in [4.78, 5) is 14.2. The van der Waals surface area contributed by atoms with Gasteiger partial charge in [0.25, 0.3) is 0 Å². The van der Waals surface area contributed by atoms with E-state index in [4.69, 9.17) is 0 Å². The Bertz CT molecular complexity index is 352. The van der Waals surface area contributed by atoms with Gasteiger partial charge in [0.05, 0.1) is 5.92 Å². The predicted octanol–water partition coefficient (Wildman–Crippen LogP) is 4.04. The minimum atomic E-state index is 0.0477. The standard InChI is InChI=1S/C17H29NO/c1-13(2)7-6-12-18(5)17(19)16-10-8-15(9-11-16)14(3)4/h8-10,13-14,16H,6-7,11-12H2,1-5H3. The third-order valence-electron chi connectivity index (χ3n) is 3.76. The fourth-order valence-electron chi connectivity index (χ4n) is 2.38. The van der Waals surface area contributed by atoms with E-state index in [0.29, 0.717) is 5.92 Å². The van der Waals surface area contributed by atoms with Crippen LogP contribution in [0.4, 0.5) is 0 Å². The summed E-state index contributed by atoms with van der Waals surface area (Å²) in [5, 5.41) is 0. The van der Waals surface area contributed by atoms with Gasteiger partial charge in [-0.2, -0.15) is 0 Å². The molecule has 1 aliphatic rings. The SMILES string of the molecule is CC(C)CCCN(C)C(=O)C1C=CC(C(C)C)=CC1. The van der Waals surface area contributed by atoms with Gasteiger partial charge in [0, 0.05) is 13.6 Å². The lowest BCUT2D eigenvalue weighted by atomic mass is 9.90. The highest BCUT2D eigenvalue weighted by molar-refractivity contribution is 5.81. The fourth-order valence-corrected chi connectivity index (χ4v) is 2.38. The van der Waals surface area contributed by atoms with E-state index in [1.807, 2.05) is 11.9 Å². The van der Waals surface area contributed by atoms with E-state index < -0.39 is 0 Å². The normalized spacial score (nSPS) is 18.9. The van der Waals surface area contributed by atoms with E-state index in [2.05, 4.69) is 45.9 Å². The molecule has 0 N–H and O–H groups in total. The maximum Gasteiger partial charge on any atom is 0.229 e. The summed E-state index contributed by atoms with van der Waals surface area (Å²) in [7, 11) is 1.93. The van der Waals surface area contributed by atoms with Crippen molar-refractivity contribution in [2.75, 3.05) is 13.6 Å². The van der Waals surface area contributed by atoms with E-state index in [-0.39, 0.29) is 11.8 Å². The number of amides is 1. The number of rotatable bonds is 6. The van der Waals surface area contributed by atoms with Crippen LogP contribution in [0.3, 0.4) is 0 Å². The van der Waals surface area contributed by atoms with Crippen LogP contribution in [0.25, 0.3) is 0 Å². The summed E-state index contributed by atoms with van der Waals surface area (Å²) in [5.41, 5.74) is 1.35. The van der Waals surface area contributed by atoms with Crippen LogP contribution in [0.2, 0.25) is 0 Å². The maximum absolute atomic E-state index is 12.3. The molecule has 0 spiro atoms. The van der Waals surface area contributed by atoms with Gasteiger partial charge in [-0.15, -0.1) is 0 Å². The Morgan fingerprint density at radius 3 is 2.53 bits per heavy atom. The van der Waals surface area contributed by atoms with Crippen molar-refractivity contribution in [1.82, 2.24) is 4.90 Å². The van der Waals surface area contributed by atoms with Gasteiger partial charge in [-0.3, -0.25) is 4.79 Å². The lowest BCUT2D eigenvalue weighted by molar-refractivity contribution is -0.132. The van der Waals surface area contributed by atoms with Crippen molar-refractivity contribution in [3.05, 3.63) is 23.8 Å². The molecule has 0 heterocycles. The molecule has 2 heteroatoms. The largest absolute Gasteiger partial charge is 0.345 e. The zero-order valence-corrected chi connectivity index (χ0v) is 13.1. The third-order valence-corrected chi connectivity index (χ3v) is 3.76. The first-order valence-corrected chi connectivity index (χ1v) is 7.55. The minimum absolute atomic E-state index is 0.0477. The van der Waals surface area contributed by atoms with Crippen LogP contribution in [0, 0.1) is 17.8 Å². The highest BCUT2D eigenvalue weighted by Gasteiger charge is 2.21. The Labute approximate surface area is 118 Å². The highest BCUT2D eigenvalue weighted by Crippen LogP contribution is 2.23. The van der Waals surface area contributed by atoms with Gasteiger partial charge in [0.15, 0.2) is 0 Å². The van der Waals surface area contributed by atoms with Crippen molar-refractivity contribution in [1.29, 1.82) is 0 Å². The Balaban J connectivity index is 2.41. The molecule has 0 radical (unpaired) electrons. The van der Waals surface area contributed by atoms with E-state index in [0.717, 1.165) is 25.3 Å². The van der Waals surface area contributed by atoms with Crippen LogP contribution in [-0.4, -0.2) is 24.4 Å². The zero-order chi connectivity index (χ0) is 14.4. The van der Waals surface area contributed by atoms with Crippen molar-refractivity contribution >= 4 is 5.91 Å². The summed E-state index contributed by atoms with van der Waals surface area (Å²) in [6.07, 6.45) is 9.57. The van der Waals surface area contributed by atoms with Gasteiger partial charge < -0.3 is 4.90 Å². The molecule has 1 unspecified atom stereocenters. The number of allylic oxidation sites excluding steroid dienone is 3. The third kappa shape index (κ3) is 5.22. The second-order valence-electron chi connectivity index (χ2n) is 6.36. The molecule has 0 saturated carbocycles. The molecule has 0 aliphatic heterocycles. The summed E-state index contributed by atoms with van der Waals surface area (Å²) >= 11 is 0. The van der Waals surface area contributed by atoms with Gasteiger partial charge in [-0.05, 0) is 36.7 Å². The Hall–Kier alpha value is -1.05. The lowest BCUT2D eigenvalue weighted by Gasteiger charge is -2.24. The fraction of sp³-hybridized carbons (Fsp3) is 0.706. The van der Waals surface area contributed by atoms with Crippen molar-refractivity contribution in [2.24, 2.45) is 17.8 Å². The lowest BCUT2D eigenvalue weighted by Crippen LogP contribution is -2.33. The monoisotopic (exact) mass is 263 g/mol. The molecule has 0 aromatic carbocycles. The topological polar surface area (TPSA) is 20.3 Å². The Morgan fingerprint density at radius 1 is 1.37 bits per heavy atom. The zero-order valence-electron chi connectivity index (χ0n) is 13.1.